The van der Waals surface area contributed by atoms with Gasteiger partial charge in [-0.05, 0) is 91.3 Å². The van der Waals surface area contributed by atoms with Crippen LogP contribution in [0.2, 0.25) is 5.02 Å². The number of carbonyl (C=O) groups is 1. The standard InChI is InChI=1S/C25H25ClFN3O/c1-14(25(31)30-24-5-2-19(26)13-29-24)15-8-16-10-18(11-17(16)9-15)21-6-7-28-23-4-3-20(27)12-22(21)23/h2-7,12-18H,8-11H2,1H3,(H,29,30,31)/t14?,15-,16-,17+,18?. The van der Waals surface area contributed by atoms with Crippen molar-refractivity contribution in [2.24, 2.45) is 23.7 Å². The first-order valence-corrected chi connectivity index (χ1v) is 11.3. The van der Waals surface area contributed by atoms with E-state index in [1.54, 1.807) is 24.3 Å². The summed E-state index contributed by atoms with van der Waals surface area (Å²) in [7, 11) is 0. The van der Waals surface area contributed by atoms with Gasteiger partial charge in [0.15, 0.2) is 0 Å². The highest BCUT2D eigenvalue weighted by atomic mass is 35.5. The number of aromatic nitrogens is 2. The summed E-state index contributed by atoms with van der Waals surface area (Å²) in [5.74, 6) is 2.35. The van der Waals surface area contributed by atoms with Crippen LogP contribution >= 0.6 is 11.6 Å². The van der Waals surface area contributed by atoms with E-state index in [1.165, 1.54) is 17.8 Å². The van der Waals surface area contributed by atoms with Crippen molar-refractivity contribution in [2.45, 2.75) is 38.5 Å². The van der Waals surface area contributed by atoms with E-state index in [0.717, 1.165) is 36.6 Å². The number of halogens is 2. The highest BCUT2D eigenvalue weighted by Gasteiger charge is 2.44. The summed E-state index contributed by atoms with van der Waals surface area (Å²) in [4.78, 5) is 21.3. The molecule has 2 fully saturated rings. The fraction of sp³-hybridized carbons (Fsp3) is 0.400. The maximum Gasteiger partial charge on any atom is 0.228 e. The van der Waals surface area contributed by atoms with Crippen LogP contribution in [0.3, 0.4) is 0 Å². The fourth-order valence-corrected chi connectivity index (χ4v) is 5.84. The quantitative estimate of drug-likeness (QED) is 0.527. The molecule has 0 radical (unpaired) electrons. The van der Waals surface area contributed by atoms with Gasteiger partial charge in [0.1, 0.15) is 11.6 Å². The Hall–Kier alpha value is -2.53. The monoisotopic (exact) mass is 437 g/mol. The molecule has 3 aromatic rings. The molecule has 2 aliphatic rings. The van der Waals surface area contributed by atoms with E-state index in [9.17, 15) is 9.18 Å². The maximum atomic E-state index is 13.8. The summed E-state index contributed by atoms with van der Waals surface area (Å²) in [5.41, 5.74) is 2.07. The molecule has 5 atom stereocenters. The summed E-state index contributed by atoms with van der Waals surface area (Å²) in [6.07, 6.45) is 7.72. The molecule has 0 bridgehead atoms. The van der Waals surface area contributed by atoms with Crippen molar-refractivity contribution < 1.29 is 9.18 Å². The van der Waals surface area contributed by atoms with Crippen LogP contribution in [0, 0.1) is 29.5 Å². The van der Waals surface area contributed by atoms with Gasteiger partial charge in [0.2, 0.25) is 5.91 Å². The van der Waals surface area contributed by atoms with Gasteiger partial charge >= 0.3 is 0 Å². The second kappa shape index (κ2) is 8.19. The Kier molecular flexibility index (Phi) is 5.39. The van der Waals surface area contributed by atoms with Crippen LogP contribution in [-0.2, 0) is 4.79 Å². The molecule has 1 N–H and O–H groups in total. The molecular weight excluding hydrogens is 413 g/mol. The normalized spacial score (nSPS) is 26.0. The molecular formula is C25H25ClFN3O. The molecule has 1 aromatic carbocycles. The SMILES string of the molecule is CC(C(=O)Nc1ccc(Cl)cn1)[C@H]1C[C@H]2CC(c3ccnc4ccc(F)cc34)C[C@H]2C1. The Bertz CT molecular complexity index is 1110. The summed E-state index contributed by atoms with van der Waals surface area (Å²) < 4.78 is 13.8. The summed E-state index contributed by atoms with van der Waals surface area (Å²) >= 11 is 5.87. The molecule has 0 saturated heterocycles. The third-order valence-corrected chi connectivity index (χ3v) is 7.55. The molecule has 2 aromatic heterocycles. The van der Waals surface area contributed by atoms with Crippen LogP contribution < -0.4 is 5.32 Å². The van der Waals surface area contributed by atoms with E-state index in [2.05, 4.69) is 21.4 Å². The van der Waals surface area contributed by atoms with Crippen LogP contribution in [-0.4, -0.2) is 15.9 Å². The predicted molar refractivity (Wildman–Crippen MR) is 120 cm³/mol. The van der Waals surface area contributed by atoms with Gasteiger partial charge in [0, 0.05) is 23.7 Å². The van der Waals surface area contributed by atoms with Crippen LogP contribution in [0.4, 0.5) is 10.2 Å². The molecule has 0 aliphatic heterocycles. The van der Waals surface area contributed by atoms with Crippen molar-refractivity contribution in [3.05, 3.63) is 65.2 Å². The molecule has 160 valence electrons. The largest absolute Gasteiger partial charge is 0.310 e. The summed E-state index contributed by atoms with van der Waals surface area (Å²) in [5, 5.41) is 4.41. The lowest BCUT2D eigenvalue weighted by Crippen LogP contribution is -2.26. The van der Waals surface area contributed by atoms with E-state index in [0.29, 0.717) is 34.5 Å². The first-order valence-electron chi connectivity index (χ1n) is 10.9. The number of carbonyl (C=O) groups excluding carboxylic acids is 1. The Morgan fingerprint density at radius 1 is 1.10 bits per heavy atom. The Morgan fingerprint density at radius 2 is 1.87 bits per heavy atom. The van der Waals surface area contributed by atoms with Gasteiger partial charge in [0.25, 0.3) is 0 Å². The van der Waals surface area contributed by atoms with Gasteiger partial charge < -0.3 is 5.32 Å². The number of fused-ring (bicyclic) bond motifs is 2. The van der Waals surface area contributed by atoms with Crippen molar-refractivity contribution in [3.63, 3.8) is 0 Å². The first-order chi connectivity index (χ1) is 15.0. The average molecular weight is 438 g/mol. The first kappa shape index (κ1) is 20.4. The van der Waals surface area contributed by atoms with Crippen molar-refractivity contribution in [1.29, 1.82) is 0 Å². The number of amides is 1. The minimum Gasteiger partial charge on any atom is -0.310 e. The number of pyridine rings is 2. The third-order valence-electron chi connectivity index (χ3n) is 7.33. The van der Waals surface area contributed by atoms with E-state index in [-0.39, 0.29) is 17.6 Å². The predicted octanol–water partition coefficient (Wildman–Crippen LogP) is 6.22. The summed E-state index contributed by atoms with van der Waals surface area (Å²) in [6.45, 7) is 2.02. The lowest BCUT2D eigenvalue weighted by atomic mass is 9.86. The number of hydrogen-bond acceptors (Lipinski definition) is 3. The van der Waals surface area contributed by atoms with Crippen molar-refractivity contribution in [1.82, 2.24) is 9.97 Å². The number of nitrogens with zero attached hydrogens (tertiary/aromatic N) is 2. The van der Waals surface area contributed by atoms with Gasteiger partial charge in [-0.2, -0.15) is 0 Å². The van der Waals surface area contributed by atoms with Crippen LogP contribution in [0.15, 0.2) is 48.8 Å². The summed E-state index contributed by atoms with van der Waals surface area (Å²) in [6, 6.07) is 10.4. The second-order valence-electron chi connectivity index (χ2n) is 9.12. The van der Waals surface area contributed by atoms with Gasteiger partial charge in [-0.15, -0.1) is 0 Å². The lowest BCUT2D eigenvalue weighted by Gasteiger charge is -2.21. The molecule has 31 heavy (non-hydrogen) atoms. The number of nitrogens with one attached hydrogen (secondary N) is 1. The lowest BCUT2D eigenvalue weighted by molar-refractivity contribution is -0.120. The van der Waals surface area contributed by atoms with E-state index in [1.807, 2.05) is 13.1 Å². The van der Waals surface area contributed by atoms with E-state index < -0.39 is 0 Å². The van der Waals surface area contributed by atoms with Gasteiger partial charge in [-0.25, -0.2) is 9.37 Å². The fourth-order valence-electron chi connectivity index (χ4n) is 5.73. The number of rotatable bonds is 4. The highest BCUT2D eigenvalue weighted by Crippen LogP contribution is 2.54. The van der Waals surface area contributed by atoms with Crippen LogP contribution in [0.25, 0.3) is 10.9 Å². The molecule has 2 saturated carbocycles. The minimum absolute atomic E-state index is 0.0203. The van der Waals surface area contributed by atoms with Crippen molar-refractivity contribution >= 4 is 34.2 Å². The second-order valence-corrected chi connectivity index (χ2v) is 9.56. The smallest absolute Gasteiger partial charge is 0.228 e. The van der Waals surface area contributed by atoms with Crippen LogP contribution in [0.5, 0.6) is 0 Å². The molecule has 6 heteroatoms. The molecule has 2 heterocycles. The Morgan fingerprint density at radius 3 is 2.58 bits per heavy atom. The van der Waals surface area contributed by atoms with Crippen molar-refractivity contribution in [3.8, 4) is 0 Å². The van der Waals surface area contributed by atoms with Gasteiger partial charge in [-0.1, -0.05) is 18.5 Å². The third kappa shape index (κ3) is 4.03. The zero-order chi connectivity index (χ0) is 21.5. The van der Waals surface area contributed by atoms with Gasteiger partial charge in [-0.3, -0.25) is 9.78 Å². The van der Waals surface area contributed by atoms with Gasteiger partial charge in [0.05, 0.1) is 10.5 Å². The minimum atomic E-state index is -0.213. The number of hydrogen-bond donors (Lipinski definition) is 1. The van der Waals surface area contributed by atoms with Crippen LogP contribution in [0.1, 0.15) is 44.1 Å². The molecule has 1 amide bonds. The number of benzene rings is 1. The highest BCUT2D eigenvalue weighted by molar-refractivity contribution is 6.30. The van der Waals surface area contributed by atoms with E-state index in [4.69, 9.17) is 11.6 Å². The molecule has 2 aliphatic carbocycles. The van der Waals surface area contributed by atoms with E-state index >= 15 is 0 Å². The Balaban J connectivity index is 1.24. The topological polar surface area (TPSA) is 54.9 Å². The molecule has 4 nitrogen and oxygen atoms in total. The maximum absolute atomic E-state index is 13.8. The molecule has 5 rings (SSSR count). The molecule has 0 spiro atoms. The van der Waals surface area contributed by atoms with Crippen molar-refractivity contribution in [2.75, 3.05) is 5.32 Å². The zero-order valence-electron chi connectivity index (χ0n) is 17.4. The molecule has 2 unspecified atom stereocenters. The zero-order valence-corrected chi connectivity index (χ0v) is 18.1. The number of anilines is 1. The average Bonchev–Trinajstić information content (AvgIpc) is 3.33. The Labute approximate surface area is 186 Å².